The minimum Gasteiger partial charge on any atom is -0.480 e. The average Bonchev–Trinajstić information content (AvgIpc) is 3.12. The highest BCUT2D eigenvalue weighted by Crippen LogP contribution is 2.32. The lowest BCUT2D eigenvalue weighted by Crippen LogP contribution is -2.37. The third kappa shape index (κ3) is 3.55. The maximum atomic E-state index is 12.5. The topological polar surface area (TPSA) is 74.7 Å². The number of aliphatic carboxylic acids is 1. The second-order valence-corrected chi connectivity index (χ2v) is 7.33. The van der Waals surface area contributed by atoms with Crippen LogP contribution in [0.1, 0.15) is 12.8 Å². The average molecular weight is 348 g/mol. The normalized spacial score (nSPS) is 15.7. The van der Waals surface area contributed by atoms with Crippen molar-refractivity contribution in [1.29, 1.82) is 0 Å². The van der Waals surface area contributed by atoms with Crippen molar-refractivity contribution in [2.75, 3.05) is 13.1 Å². The third-order valence-electron chi connectivity index (χ3n) is 2.92. The predicted molar refractivity (Wildman–Crippen MR) is 73.3 cm³/mol. The summed E-state index contributed by atoms with van der Waals surface area (Å²) in [7, 11) is -3.78. The van der Waals surface area contributed by atoms with Crippen molar-refractivity contribution in [3.8, 4) is 0 Å². The lowest BCUT2D eigenvalue weighted by atomic mass is 10.4. The Labute approximate surface area is 120 Å². The van der Waals surface area contributed by atoms with Crippen molar-refractivity contribution in [2.24, 2.45) is 5.92 Å². The van der Waals surface area contributed by atoms with E-state index < -0.39 is 22.5 Å². The van der Waals surface area contributed by atoms with Crippen LogP contribution in [-0.4, -0.2) is 36.9 Å². The highest BCUT2D eigenvalue weighted by Gasteiger charge is 2.33. The summed E-state index contributed by atoms with van der Waals surface area (Å²) in [5.41, 5.74) is 0. The summed E-state index contributed by atoms with van der Waals surface area (Å²) in [6, 6.07) is 6.43. The van der Waals surface area contributed by atoms with Crippen molar-refractivity contribution < 1.29 is 18.3 Å². The van der Waals surface area contributed by atoms with Crippen LogP contribution in [0.4, 0.5) is 0 Å². The molecule has 1 N–H and O–H groups in total. The predicted octanol–water partition coefficient (Wildman–Crippen LogP) is 1.93. The molecule has 0 saturated heterocycles. The molecule has 19 heavy (non-hydrogen) atoms. The summed E-state index contributed by atoms with van der Waals surface area (Å²) in [5.74, 6) is -0.854. The maximum absolute atomic E-state index is 12.5. The summed E-state index contributed by atoms with van der Waals surface area (Å²) >= 11 is 3.20. The second-order valence-electron chi connectivity index (χ2n) is 4.57. The fourth-order valence-electron chi connectivity index (χ4n) is 1.78. The number of halogens is 1. The smallest absolute Gasteiger partial charge is 0.318 e. The zero-order valence-corrected chi connectivity index (χ0v) is 12.5. The van der Waals surface area contributed by atoms with E-state index in [4.69, 9.17) is 5.11 Å². The molecular formula is C12H14BrNO4S. The van der Waals surface area contributed by atoms with Crippen molar-refractivity contribution >= 4 is 31.9 Å². The lowest BCUT2D eigenvalue weighted by molar-refractivity contribution is -0.137. The Morgan fingerprint density at radius 1 is 1.37 bits per heavy atom. The van der Waals surface area contributed by atoms with Crippen LogP contribution in [0, 0.1) is 5.92 Å². The summed E-state index contributed by atoms with van der Waals surface area (Å²) in [6.45, 7) is -0.226. The van der Waals surface area contributed by atoms with Gasteiger partial charge < -0.3 is 5.11 Å². The largest absolute Gasteiger partial charge is 0.480 e. The molecule has 0 amide bonds. The van der Waals surface area contributed by atoms with E-state index in [0.717, 1.165) is 17.1 Å². The van der Waals surface area contributed by atoms with Crippen molar-refractivity contribution in [3.05, 3.63) is 28.7 Å². The van der Waals surface area contributed by atoms with Gasteiger partial charge in [0, 0.05) is 11.0 Å². The van der Waals surface area contributed by atoms with Crippen molar-refractivity contribution in [3.63, 3.8) is 0 Å². The number of benzene rings is 1. The highest BCUT2D eigenvalue weighted by molar-refractivity contribution is 9.10. The number of carbonyl (C=O) groups is 1. The third-order valence-corrected chi connectivity index (χ3v) is 5.75. The Bertz CT molecular complexity index is 583. The molecule has 1 aliphatic carbocycles. The molecule has 0 aliphatic heterocycles. The molecule has 0 aromatic heterocycles. The molecule has 1 aromatic rings. The first kappa shape index (κ1) is 14.5. The Morgan fingerprint density at radius 3 is 2.53 bits per heavy atom. The van der Waals surface area contributed by atoms with Crippen LogP contribution in [0.2, 0.25) is 0 Å². The first-order valence-corrected chi connectivity index (χ1v) is 8.11. The van der Waals surface area contributed by atoms with Gasteiger partial charge in [0.1, 0.15) is 6.54 Å². The van der Waals surface area contributed by atoms with Gasteiger partial charge in [-0.2, -0.15) is 4.31 Å². The lowest BCUT2D eigenvalue weighted by Gasteiger charge is -2.20. The standard InChI is InChI=1S/C12H14BrNO4S/c13-10-3-1-2-4-11(10)19(17,18)14(8-12(15)16)7-9-5-6-9/h1-4,9H,5-8H2,(H,15,16). The van der Waals surface area contributed by atoms with Gasteiger partial charge in [-0.1, -0.05) is 12.1 Å². The molecule has 0 atom stereocenters. The van der Waals surface area contributed by atoms with Gasteiger partial charge in [-0.3, -0.25) is 4.79 Å². The van der Waals surface area contributed by atoms with E-state index in [2.05, 4.69) is 15.9 Å². The maximum Gasteiger partial charge on any atom is 0.318 e. The van der Waals surface area contributed by atoms with Crippen LogP contribution in [0.3, 0.4) is 0 Å². The summed E-state index contributed by atoms with van der Waals surface area (Å²) in [6.07, 6.45) is 1.92. The summed E-state index contributed by atoms with van der Waals surface area (Å²) in [4.78, 5) is 11.0. The molecule has 1 saturated carbocycles. The molecule has 1 aliphatic rings. The van der Waals surface area contributed by atoms with Crippen LogP contribution in [0.25, 0.3) is 0 Å². The molecule has 7 heteroatoms. The molecule has 2 rings (SSSR count). The van der Waals surface area contributed by atoms with Crippen molar-refractivity contribution in [1.82, 2.24) is 4.31 Å². The zero-order valence-electron chi connectivity index (χ0n) is 10.1. The van der Waals surface area contributed by atoms with E-state index in [1.54, 1.807) is 18.2 Å². The van der Waals surface area contributed by atoms with E-state index in [-0.39, 0.29) is 17.4 Å². The Hall–Kier alpha value is -0.920. The van der Waals surface area contributed by atoms with Gasteiger partial charge in [0.05, 0.1) is 4.90 Å². The number of sulfonamides is 1. The van der Waals surface area contributed by atoms with E-state index in [9.17, 15) is 13.2 Å². The van der Waals surface area contributed by atoms with Gasteiger partial charge in [0.2, 0.25) is 10.0 Å². The number of nitrogens with zero attached hydrogens (tertiary/aromatic N) is 1. The van der Waals surface area contributed by atoms with Gasteiger partial charge in [-0.15, -0.1) is 0 Å². The van der Waals surface area contributed by atoms with Gasteiger partial charge >= 0.3 is 5.97 Å². The molecule has 5 nitrogen and oxygen atoms in total. The molecule has 104 valence electrons. The molecule has 1 fully saturated rings. The number of hydrogen-bond donors (Lipinski definition) is 1. The number of hydrogen-bond acceptors (Lipinski definition) is 3. The Morgan fingerprint density at radius 2 is 2.00 bits per heavy atom. The van der Waals surface area contributed by atoms with Crippen LogP contribution < -0.4 is 0 Å². The molecule has 0 bridgehead atoms. The summed E-state index contributed by atoms with van der Waals surface area (Å²) in [5, 5.41) is 8.88. The van der Waals surface area contributed by atoms with Crippen molar-refractivity contribution in [2.45, 2.75) is 17.7 Å². The van der Waals surface area contributed by atoms with Crippen LogP contribution in [-0.2, 0) is 14.8 Å². The number of carboxylic acids is 1. The monoisotopic (exact) mass is 347 g/mol. The minimum absolute atomic E-state index is 0.108. The molecule has 1 aromatic carbocycles. The van der Waals surface area contributed by atoms with Crippen LogP contribution in [0.15, 0.2) is 33.6 Å². The number of carboxylic acid groups (broad SMARTS) is 1. The van der Waals surface area contributed by atoms with E-state index >= 15 is 0 Å². The highest BCUT2D eigenvalue weighted by atomic mass is 79.9. The molecule has 0 spiro atoms. The second kappa shape index (κ2) is 5.60. The fraction of sp³-hybridized carbons (Fsp3) is 0.417. The fourth-order valence-corrected chi connectivity index (χ4v) is 4.21. The van der Waals surface area contributed by atoms with Crippen LogP contribution in [0.5, 0.6) is 0 Å². The Balaban J connectivity index is 2.32. The van der Waals surface area contributed by atoms with Gasteiger partial charge in [0.25, 0.3) is 0 Å². The first-order chi connectivity index (χ1) is 8.91. The van der Waals surface area contributed by atoms with Gasteiger partial charge in [-0.25, -0.2) is 8.42 Å². The minimum atomic E-state index is -3.78. The van der Waals surface area contributed by atoms with E-state index in [1.165, 1.54) is 6.07 Å². The quantitative estimate of drug-likeness (QED) is 0.853. The first-order valence-electron chi connectivity index (χ1n) is 5.87. The molecule has 0 heterocycles. The van der Waals surface area contributed by atoms with E-state index in [1.807, 2.05) is 0 Å². The molecule has 0 radical (unpaired) electrons. The van der Waals surface area contributed by atoms with Gasteiger partial charge in [-0.05, 0) is 46.8 Å². The van der Waals surface area contributed by atoms with E-state index in [0.29, 0.717) is 4.47 Å². The number of rotatable bonds is 6. The SMILES string of the molecule is O=C(O)CN(CC1CC1)S(=O)(=O)c1ccccc1Br. The molecular weight excluding hydrogens is 334 g/mol. The van der Waals surface area contributed by atoms with Crippen LogP contribution >= 0.6 is 15.9 Å². The Kier molecular flexibility index (Phi) is 4.27. The molecule has 0 unspecified atom stereocenters. The van der Waals surface area contributed by atoms with Gasteiger partial charge in [0.15, 0.2) is 0 Å². The summed E-state index contributed by atoms with van der Waals surface area (Å²) < 4.78 is 26.5. The zero-order chi connectivity index (χ0) is 14.0.